The van der Waals surface area contributed by atoms with Crippen molar-refractivity contribution in [2.75, 3.05) is 28.4 Å². The van der Waals surface area contributed by atoms with E-state index in [-0.39, 0.29) is 5.97 Å². The Balaban J connectivity index is 1.69. The second-order valence-corrected chi connectivity index (χ2v) is 10.4. The minimum atomic E-state index is -0.574. The first-order valence-electron chi connectivity index (χ1n) is 13.4. The Morgan fingerprint density at radius 3 is 1.69 bits per heavy atom. The maximum atomic E-state index is 12.5. The molecular weight excluding hydrogens is 532 g/mol. The first-order chi connectivity index (χ1) is 20.1. The van der Waals surface area contributed by atoms with Gasteiger partial charge in [-0.05, 0) is 98.6 Å². The minimum absolute atomic E-state index is 0.373. The van der Waals surface area contributed by atoms with Crippen molar-refractivity contribution < 1.29 is 28.5 Å². The lowest BCUT2D eigenvalue weighted by molar-refractivity contribution is 0.00695. The number of methoxy groups -OCH3 is 4. The number of benzene rings is 3. The summed E-state index contributed by atoms with van der Waals surface area (Å²) in [6.07, 6.45) is 7.85. The smallest absolute Gasteiger partial charge is 0.338 e. The molecule has 0 unspecified atom stereocenters. The third-order valence-corrected chi connectivity index (χ3v) is 6.21. The molecular formula is C34H36N2O6. The summed E-state index contributed by atoms with van der Waals surface area (Å²) in [7, 11) is 6.44. The van der Waals surface area contributed by atoms with Crippen molar-refractivity contribution in [3.63, 3.8) is 0 Å². The zero-order valence-corrected chi connectivity index (χ0v) is 25.0. The van der Waals surface area contributed by atoms with Crippen molar-refractivity contribution in [1.29, 1.82) is 0 Å². The van der Waals surface area contributed by atoms with E-state index in [1.807, 2.05) is 104 Å². The summed E-state index contributed by atoms with van der Waals surface area (Å²) in [6.45, 7) is 5.53. The van der Waals surface area contributed by atoms with Crippen LogP contribution in [0.4, 0.5) is 0 Å². The maximum Gasteiger partial charge on any atom is 0.338 e. The van der Waals surface area contributed by atoms with E-state index in [0.29, 0.717) is 28.6 Å². The zero-order valence-electron chi connectivity index (χ0n) is 25.0. The van der Waals surface area contributed by atoms with Crippen LogP contribution in [0.3, 0.4) is 0 Å². The lowest BCUT2D eigenvalue weighted by Crippen LogP contribution is -2.23. The summed E-state index contributed by atoms with van der Waals surface area (Å²) in [4.78, 5) is 12.5. The van der Waals surface area contributed by atoms with E-state index in [0.717, 1.165) is 28.2 Å². The van der Waals surface area contributed by atoms with E-state index in [9.17, 15) is 4.79 Å². The van der Waals surface area contributed by atoms with Crippen molar-refractivity contribution in [3.05, 3.63) is 94.8 Å². The summed E-state index contributed by atoms with van der Waals surface area (Å²) in [5.74, 6) is 2.24. The molecule has 0 atom stereocenters. The number of esters is 1. The van der Waals surface area contributed by atoms with Crippen LogP contribution in [0, 0.1) is 0 Å². The van der Waals surface area contributed by atoms with Gasteiger partial charge in [-0.15, -0.1) is 0 Å². The molecule has 0 aliphatic heterocycles. The van der Waals surface area contributed by atoms with Crippen molar-refractivity contribution in [3.8, 4) is 28.7 Å². The molecule has 4 aromatic rings. The van der Waals surface area contributed by atoms with Crippen LogP contribution in [-0.2, 0) is 4.74 Å². The molecule has 3 aromatic carbocycles. The van der Waals surface area contributed by atoms with E-state index in [1.54, 1.807) is 40.6 Å². The lowest BCUT2D eigenvalue weighted by atomic mass is 10.1. The average molecular weight is 569 g/mol. The Hall–Kier alpha value is -4.98. The fourth-order valence-electron chi connectivity index (χ4n) is 4.17. The summed E-state index contributed by atoms with van der Waals surface area (Å²) >= 11 is 0. The Labute approximate surface area is 246 Å². The van der Waals surface area contributed by atoms with Crippen LogP contribution in [0.2, 0.25) is 0 Å². The molecule has 0 aliphatic rings. The molecule has 0 saturated heterocycles. The standard InChI is InChI=1S/C34H36N2O6/c1-34(2,3)42-33(37)25-12-16-27(17-13-25)36-28(15-9-24-11-19-30(39-5)32(21-24)41-7)22-26(35-36)14-8-23-10-18-29(38-4)31(20-23)40-6/h8-22H,1-7H3/b14-8+,15-9+. The highest BCUT2D eigenvalue weighted by Crippen LogP contribution is 2.30. The zero-order chi connectivity index (χ0) is 30.3. The Morgan fingerprint density at radius 1 is 0.667 bits per heavy atom. The van der Waals surface area contributed by atoms with Gasteiger partial charge in [0.15, 0.2) is 23.0 Å². The molecule has 42 heavy (non-hydrogen) atoms. The van der Waals surface area contributed by atoms with Gasteiger partial charge < -0.3 is 23.7 Å². The molecule has 1 heterocycles. The number of rotatable bonds is 10. The maximum absolute atomic E-state index is 12.5. The van der Waals surface area contributed by atoms with Crippen LogP contribution in [0.1, 0.15) is 53.6 Å². The number of aromatic nitrogens is 2. The lowest BCUT2D eigenvalue weighted by Gasteiger charge is -2.19. The summed E-state index contributed by atoms with van der Waals surface area (Å²) in [5, 5.41) is 4.84. The first-order valence-corrected chi connectivity index (χ1v) is 13.4. The quantitative estimate of drug-likeness (QED) is 0.187. The van der Waals surface area contributed by atoms with E-state index in [2.05, 4.69) is 0 Å². The Kier molecular flexibility index (Phi) is 9.37. The largest absolute Gasteiger partial charge is 0.493 e. The van der Waals surface area contributed by atoms with Gasteiger partial charge in [0.25, 0.3) is 0 Å². The predicted molar refractivity (Wildman–Crippen MR) is 166 cm³/mol. The summed E-state index contributed by atoms with van der Waals surface area (Å²) < 4.78 is 28.9. The van der Waals surface area contributed by atoms with Crippen molar-refractivity contribution in [2.24, 2.45) is 0 Å². The van der Waals surface area contributed by atoms with Crippen molar-refractivity contribution in [1.82, 2.24) is 9.78 Å². The minimum Gasteiger partial charge on any atom is -0.493 e. The van der Waals surface area contributed by atoms with Crippen LogP contribution in [-0.4, -0.2) is 49.8 Å². The highest BCUT2D eigenvalue weighted by atomic mass is 16.6. The Morgan fingerprint density at radius 2 is 1.19 bits per heavy atom. The van der Waals surface area contributed by atoms with Crippen molar-refractivity contribution in [2.45, 2.75) is 26.4 Å². The average Bonchev–Trinajstić information content (AvgIpc) is 3.40. The molecule has 0 radical (unpaired) electrons. The first kappa shape index (κ1) is 30.0. The number of ether oxygens (including phenoxy) is 5. The third-order valence-electron chi connectivity index (χ3n) is 6.21. The number of carbonyl (C=O) groups is 1. The van der Waals surface area contributed by atoms with E-state index in [1.165, 1.54) is 0 Å². The molecule has 1 aromatic heterocycles. The van der Waals surface area contributed by atoms with E-state index < -0.39 is 5.60 Å². The number of nitrogens with zero attached hydrogens (tertiary/aromatic N) is 2. The van der Waals surface area contributed by atoms with Crippen LogP contribution in [0.25, 0.3) is 30.0 Å². The highest BCUT2D eigenvalue weighted by Gasteiger charge is 2.18. The van der Waals surface area contributed by atoms with Crippen LogP contribution in [0.5, 0.6) is 23.0 Å². The topological polar surface area (TPSA) is 81.0 Å². The van der Waals surface area contributed by atoms with Crippen LogP contribution >= 0.6 is 0 Å². The molecule has 8 nitrogen and oxygen atoms in total. The number of hydrogen-bond donors (Lipinski definition) is 0. The van der Waals surface area contributed by atoms with E-state index >= 15 is 0 Å². The molecule has 0 spiro atoms. The molecule has 0 fully saturated rings. The molecule has 218 valence electrons. The van der Waals surface area contributed by atoms with Crippen LogP contribution in [0.15, 0.2) is 66.7 Å². The molecule has 0 bridgehead atoms. The molecule has 8 heteroatoms. The SMILES string of the molecule is COc1ccc(/C=C/c2cc(/C=C/c3ccc(OC)c(OC)c3)n(-c3ccc(C(=O)OC(C)(C)C)cc3)n2)cc1OC. The van der Waals surface area contributed by atoms with Gasteiger partial charge in [0.1, 0.15) is 5.60 Å². The fourth-order valence-corrected chi connectivity index (χ4v) is 4.17. The summed E-state index contributed by atoms with van der Waals surface area (Å²) in [6, 6.07) is 20.6. The number of carbonyl (C=O) groups excluding carboxylic acids is 1. The van der Waals surface area contributed by atoms with Gasteiger partial charge in [0.05, 0.1) is 51.1 Å². The third kappa shape index (κ3) is 7.40. The van der Waals surface area contributed by atoms with Gasteiger partial charge >= 0.3 is 5.97 Å². The molecule has 0 aliphatic carbocycles. The second-order valence-electron chi connectivity index (χ2n) is 10.4. The van der Waals surface area contributed by atoms with Crippen LogP contribution < -0.4 is 18.9 Å². The van der Waals surface area contributed by atoms with Gasteiger partial charge in [0, 0.05) is 0 Å². The van der Waals surface area contributed by atoms with Gasteiger partial charge in [-0.2, -0.15) is 5.10 Å². The predicted octanol–water partition coefficient (Wildman–Crippen LogP) is 7.20. The Bertz CT molecular complexity index is 1590. The second kappa shape index (κ2) is 13.1. The molecule has 0 N–H and O–H groups in total. The fraction of sp³-hybridized carbons (Fsp3) is 0.235. The van der Waals surface area contributed by atoms with E-state index in [4.69, 9.17) is 28.8 Å². The van der Waals surface area contributed by atoms with Gasteiger partial charge in [-0.1, -0.05) is 24.3 Å². The summed E-state index contributed by atoms with van der Waals surface area (Å²) in [5.41, 5.74) is 4.13. The monoisotopic (exact) mass is 568 g/mol. The highest BCUT2D eigenvalue weighted by molar-refractivity contribution is 5.90. The number of hydrogen-bond acceptors (Lipinski definition) is 7. The van der Waals surface area contributed by atoms with Crippen molar-refractivity contribution >= 4 is 30.3 Å². The van der Waals surface area contributed by atoms with Gasteiger partial charge in [0.2, 0.25) is 0 Å². The molecule has 0 amide bonds. The molecule has 0 saturated carbocycles. The van der Waals surface area contributed by atoms with Gasteiger partial charge in [-0.25, -0.2) is 9.48 Å². The molecule has 4 rings (SSSR count). The van der Waals surface area contributed by atoms with Gasteiger partial charge in [-0.3, -0.25) is 0 Å². The normalized spacial score (nSPS) is 11.6.